The highest BCUT2D eigenvalue weighted by atomic mass is 16.5. The van der Waals surface area contributed by atoms with Crippen molar-refractivity contribution in [3.8, 4) is 17.6 Å². The van der Waals surface area contributed by atoms with E-state index in [2.05, 4.69) is 26.5 Å². The first kappa shape index (κ1) is 17.5. The van der Waals surface area contributed by atoms with E-state index in [1.807, 2.05) is 36.4 Å². The number of rotatable bonds is 6. The zero-order valence-electron chi connectivity index (χ0n) is 15.0. The second kappa shape index (κ2) is 7.73. The Balaban J connectivity index is 1.54. The third kappa shape index (κ3) is 3.75. The van der Waals surface area contributed by atoms with E-state index in [1.54, 1.807) is 29.8 Å². The highest BCUT2D eigenvalue weighted by Crippen LogP contribution is 2.25. The van der Waals surface area contributed by atoms with E-state index < -0.39 is 0 Å². The van der Waals surface area contributed by atoms with Gasteiger partial charge in [-0.25, -0.2) is 4.98 Å². The Morgan fingerprint density at radius 3 is 2.75 bits per heavy atom. The standard InChI is InChI=1S/C20H16N6O2/c1-27-12-16-10-19(26-20(25-16)22-13-23-26)24-15-5-7-17(8-6-15)28-18-4-2-3-14(9-18)11-21/h2-10,13,24H,12H2,1H3. The minimum absolute atomic E-state index is 0.382. The van der Waals surface area contributed by atoms with Crippen LogP contribution in [-0.4, -0.2) is 26.7 Å². The van der Waals surface area contributed by atoms with Crippen LogP contribution >= 0.6 is 0 Å². The highest BCUT2D eigenvalue weighted by molar-refractivity contribution is 5.59. The Morgan fingerprint density at radius 1 is 1.11 bits per heavy atom. The SMILES string of the molecule is COCc1cc(Nc2ccc(Oc3cccc(C#N)c3)cc2)n2ncnc2n1. The molecule has 0 aliphatic heterocycles. The molecular formula is C20H16N6O2. The first-order valence-corrected chi connectivity index (χ1v) is 8.49. The summed E-state index contributed by atoms with van der Waals surface area (Å²) in [5, 5.41) is 16.5. The van der Waals surface area contributed by atoms with Crippen LogP contribution < -0.4 is 10.1 Å². The van der Waals surface area contributed by atoms with Crippen LogP contribution in [0.1, 0.15) is 11.3 Å². The number of aromatic nitrogens is 4. The van der Waals surface area contributed by atoms with Crippen molar-refractivity contribution >= 4 is 17.3 Å². The summed E-state index contributed by atoms with van der Waals surface area (Å²) in [6, 6.07) is 18.5. The van der Waals surface area contributed by atoms with Crippen molar-refractivity contribution in [3.63, 3.8) is 0 Å². The summed E-state index contributed by atoms with van der Waals surface area (Å²) in [4.78, 5) is 8.52. The average molecular weight is 372 g/mol. The van der Waals surface area contributed by atoms with Gasteiger partial charge in [0, 0.05) is 18.9 Å². The number of anilines is 2. The number of hydrogen-bond acceptors (Lipinski definition) is 7. The van der Waals surface area contributed by atoms with Gasteiger partial charge in [0.15, 0.2) is 0 Å². The van der Waals surface area contributed by atoms with Gasteiger partial charge in [0.1, 0.15) is 23.6 Å². The largest absolute Gasteiger partial charge is 0.457 e. The number of fused-ring (bicyclic) bond motifs is 1. The van der Waals surface area contributed by atoms with E-state index >= 15 is 0 Å². The third-order valence-electron chi connectivity index (χ3n) is 3.92. The second-order valence-electron chi connectivity index (χ2n) is 5.93. The maximum atomic E-state index is 8.98. The van der Waals surface area contributed by atoms with E-state index in [0.29, 0.717) is 29.4 Å². The first-order valence-electron chi connectivity index (χ1n) is 8.49. The number of ether oxygens (including phenoxy) is 2. The van der Waals surface area contributed by atoms with E-state index in [1.165, 1.54) is 6.33 Å². The number of methoxy groups -OCH3 is 1. The molecule has 4 aromatic rings. The predicted octanol–water partition coefficient (Wildman–Crippen LogP) is 3.68. The molecule has 2 aromatic carbocycles. The number of benzene rings is 2. The molecule has 0 amide bonds. The van der Waals surface area contributed by atoms with Gasteiger partial charge in [0.05, 0.1) is 23.9 Å². The van der Waals surface area contributed by atoms with Crippen LogP contribution in [0.3, 0.4) is 0 Å². The molecule has 0 fully saturated rings. The van der Waals surface area contributed by atoms with Gasteiger partial charge in [0.25, 0.3) is 5.78 Å². The van der Waals surface area contributed by atoms with Crippen molar-refractivity contribution in [2.75, 3.05) is 12.4 Å². The summed E-state index contributed by atoms with van der Waals surface area (Å²) in [6.45, 7) is 0.382. The molecule has 4 rings (SSSR count). The molecule has 0 saturated heterocycles. The van der Waals surface area contributed by atoms with Crippen LogP contribution in [-0.2, 0) is 11.3 Å². The number of nitrogens with zero attached hydrogens (tertiary/aromatic N) is 5. The van der Waals surface area contributed by atoms with Gasteiger partial charge in [-0.15, -0.1) is 0 Å². The second-order valence-corrected chi connectivity index (χ2v) is 5.93. The molecule has 0 radical (unpaired) electrons. The van der Waals surface area contributed by atoms with E-state index in [9.17, 15) is 0 Å². The molecule has 0 aliphatic rings. The Kier molecular flexibility index (Phi) is 4.82. The fraction of sp³-hybridized carbons (Fsp3) is 0.100. The van der Waals surface area contributed by atoms with Crippen LogP contribution in [0.2, 0.25) is 0 Å². The molecule has 2 aromatic heterocycles. The van der Waals surface area contributed by atoms with Crippen molar-refractivity contribution in [1.82, 2.24) is 19.6 Å². The Labute approximate surface area is 161 Å². The Hall–Kier alpha value is -3.96. The van der Waals surface area contributed by atoms with Gasteiger partial charge in [-0.3, -0.25) is 0 Å². The van der Waals surface area contributed by atoms with Crippen molar-refractivity contribution in [1.29, 1.82) is 5.26 Å². The number of nitriles is 1. The summed E-state index contributed by atoms with van der Waals surface area (Å²) in [7, 11) is 1.62. The van der Waals surface area contributed by atoms with Gasteiger partial charge >= 0.3 is 0 Å². The molecule has 138 valence electrons. The van der Waals surface area contributed by atoms with Gasteiger partial charge in [0.2, 0.25) is 0 Å². The molecule has 8 heteroatoms. The molecule has 0 atom stereocenters. The third-order valence-corrected chi connectivity index (χ3v) is 3.92. The van der Waals surface area contributed by atoms with E-state index in [-0.39, 0.29) is 0 Å². The molecule has 0 bridgehead atoms. The zero-order chi connectivity index (χ0) is 19.3. The Morgan fingerprint density at radius 2 is 1.96 bits per heavy atom. The van der Waals surface area contributed by atoms with E-state index in [4.69, 9.17) is 14.7 Å². The molecule has 2 heterocycles. The van der Waals surface area contributed by atoms with Gasteiger partial charge in [-0.1, -0.05) is 6.07 Å². The monoisotopic (exact) mass is 372 g/mol. The molecule has 0 saturated carbocycles. The lowest BCUT2D eigenvalue weighted by molar-refractivity contribution is 0.181. The molecule has 1 N–H and O–H groups in total. The van der Waals surface area contributed by atoms with Gasteiger partial charge in [-0.2, -0.15) is 19.9 Å². The van der Waals surface area contributed by atoms with Crippen LogP contribution in [0.5, 0.6) is 11.5 Å². The molecule has 28 heavy (non-hydrogen) atoms. The first-order chi connectivity index (χ1) is 13.7. The van der Waals surface area contributed by atoms with Crippen LogP contribution in [0.15, 0.2) is 60.9 Å². The number of nitrogens with one attached hydrogen (secondary N) is 1. The van der Waals surface area contributed by atoms with Crippen LogP contribution in [0.25, 0.3) is 5.78 Å². The normalized spacial score (nSPS) is 10.6. The maximum absolute atomic E-state index is 8.98. The van der Waals surface area contributed by atoms with Crippen molar-refractivity contribution < 1.29 is 9.47 Å². The predicted molar refractivity (Wildman–Crippen MR) is 102 cm³/mol. The molecule has 8 nitrogen and oxygen atoms in total. The number of hydrogen-bond donors (Lipinski definition) is 1. The minimum Gasteiger partial charge on any atom is -0.457 e. The summed E-state index contributed by atoms with van der Waals surface area (Å²) in [6.07, 6.45) is 1.45. The summed E-state index contributed by atoms with van der Waals surface area (Å²) in [5.74, 6) is 2.50. The lowest BCUT2D eigenvalue weighted by Gasteiger charge is -2.11. The fourth-order valence-corrected chi connectivity index (χ4v) is 2.69. The van der Waals surface area contributed by atoms with Crippen LogP contribution in [0, 0.1) is 11.3 Å². The Bertz CT molecular complexity index is 1150. The lowest BCUT2D eigenvalue weighted by Crippen LogP contribution is -2.04. The zero-order valence-corrected chi connectivity index (χ0v) is 15.0. The van der Waals surface area contributed by atoms with Crippen LogP contribution in [0.4, 0.5) is 11.5 Å². The minimum atomic E-state index is 0.382. The summed E-state index contributed by atoms with van der Waals surface area (Å²) in [5.41, 5.74) is 2.16. The molecule has 0 aliphatic carbocycles. The van der Waals surface area contributed by atoms with Gasteiger partial charge < -0.3 is 14.8 Å². The van der Waals surface area contributed by atoms with Crippen molar-refractivity contribution in [2.24, 2.45) is 0 Å². The fourth-order valence-electron chi connectivity index (χ4n) is 2.69. The summed E-state index contributed by atoms with van der Waals surface area (Å²) < 4.78 is 12.6. The maximum Gasteiger partial charge on any atom is 0.254 e. The molecule has 0 spiro atoms. The molecular weight excluding hydrogens is 356 g/mol. The lowest BCUT2D eigenvalue weighted by atomic mass is 10.2. The van der Waals surface area contributed by atoms with Crippen molar-refractivity contribution in [3.05, 3.63) is 72.2 Å². The summed E-state index contributed by atoms with van der Waals surface area (Å²) >= 11 is 0. The van der Waals surface area contributed by atoms with E-state index in [0.717, 1.165) is 17.2 Å². The van der Waals surface area contributed by atoms with Crippen molar-refractivity contribution in [2.45, 2.75) is 6.61 Å². The average Bonchev–Trinajstić information content (AvgIpc) is 3.19. The highest BCUT2D eigenvalue weighted by Gasteiger charge is 2.08. The molecule has 0 unspecified atom stereocenters. The topological polar surface area (TPSA) is 97.4 Å². The van der Waals surface area contributed by atoms with Gasteiger partial charge in [-0.05, 0) is 42.5 Å². The smallest absolute Gasteiger partial charge is 0.254 e. The quantitative estimate of drug-likeness (QED) is 0.551.